The van der Waals surface area contributed by atoms with E-state index in [1.54, 1.807) is 24.3 Å². The number of nitrogens with zero attached hydrogens (tertiary/aromatic N) is 1. The van der Waals surface area contributed by atoms with Gasteiger partial charge >= 0.3 is 0 Å². The van der Waals surface area contributed by atoms with Crippen molar-refractivity contribution < 1.29 is 13.2 Å². The van der Waals surface area contributed by atoms with Gasteiger partial charge in [0.2, 0.25) is 10.0 Å². The summed E-state index contributed by atoms with van der Waals surface area (Å²) in [6, 6.07) is 6.95. The summed E-state index contributed by atoms with van der Waals surface area (Å²) >= 11 is 0. The number of halogens is 1. The number of carbonyl (C=O) groups is 1. The molecule has 1 amide bonds. The predicted octanol–water partition coefficient (Wildman–Crippen LogP) is 1.51. The highest BCUT2D eigenvalue weighted by atomic mass is 35.5. The van der Waals surface area contributed by atoms with Crippen LogP contribution in [0.1, 0.15) is 36.0 Å². The molecule has 0 spiro atoms. The van der Waals surface area contributed by atoms with E-state index in [1.165, 1.54) is 4.31 Å². The minimum atomic E-state index is -3.23. The standard InChI is InChI=1S/C16H23N3O3S.ClH/c17-11-13-5-2-7-15(13)18-16(20)12-4-1-6-14(10-12)19-8-3-9-23(19,21)22;/h1,4,6,10,13,15H,2-3,5,7-9,11,17H2,(H,18,20);1H. The van der Waals surface area contributed by atoms with Crippen LogP contribution in [0.3, 0.4) is 0 Å². The quantitative estimate of drug-likeness (QED) is 0.836. The van der Waals surface area contributed by atoms with Crippen LogP contribution in [0.25, 0.3) is 0 Å². The number of sulfonamides is 1. The zero-order chi connectivity index (χ0) is 16.4. The largest absolute Gasteiger partial charge is 0.349 e. The zero-order valence-corrected chi connectivity index (χ0v) is 15.1. The maximum atomic E-state index is 12.5. The number of hydrogen-bond acceptors (Lipinski definition) is 4. The monoisotopic (exact) mass is 373 g/mol. The molecule has 1 aliphatic heterocycles. The van der Waals surface area contributed by atoms with Crippen molar-refractivity contribution in [1.29, 1.82) is 0 Å². The van der Waals surface area contributed by atoms with E-state index in [1.807, 2.05) is 0 Å². The van der Waals surface area contributed by atoms with Gasteiger partial charge in [-0.05, 0) is 49.9 Å². The maximum absolute atomic E-state index is 12.5. The number of rotatable bonds is 4. The molecule has 6 nitrogen and oxygen atoms in total. The fraction of sp³-hybridized carbons (Fsp3) is 0.562. The van der Waals surface area contributed by atoms with E-state index >= 15 is 0 Å². The molecular formula is C16H24ClN3O3S. The van der Waals surface area contributed by atoms with E-state index in [2.05, 4.69) is 5.32 Å². The third kappa shape index (κ3) is 3.84. The highest BCUT2D eigenvalue weighted by molar-refractivity contribution is 7.93. The van der Waals surface area contributed by atoms with Crippen LogP contribution in [0.15, 0.2) is 24.3 Å². The molecule has 1 aromatic rings. The summed E-state index contributed by atoms with van der Waals surface area (Å²) in [6.45, 7) is 1.06. The summed E-state index contributed by atoms with van der Waals surface area (Å²) in [4.78, 5) is 12.5. The van der Waals surface area contributed by atoms with E-state index in [0.29, 0.717) is 36.7 Å². The summed E-state index contributed by atoms with van der Waals surface area (Å²) in [7, 11) is -3.23. The molecule has 1 aliphatic carbocycles. The molecule has 0 bridgehead atoms. The predicted molar refractivity (Wildman–Crippen MR) is 97.1 cm³/mol. The third-order valence-electron chi connectivity index (χ3n) is 4.77. The molecule has 0 radical (unpaired) electrons. The molecule has 3 rings (SSSR count). The van der Waals surface area contributed by atoms with Crippen molar-refractivity contribution in [3.8, 4) is 0 Å². The Bertz CT molecular complexity index is 696. The average Bonchev–Trinajstić information content (AvgIpc) is 3.12. The van der Waals surface area contributed by atoms with Crippen LogP contribution in [-0.2, 0) is 10.0 Å². The van der Waals surface area contributed by atoms with Gasteiger partial charge in [0.15, 0.2) is 0 Å². The van der Waals surface area contributed by atoms with Crippen molar-refractivity contribution in [2.24, 2.45) is 11.7 Å². The first-order chi connectivity index (χ1) is 11.0. The van der Waals surface area contributed by atoms with Crippen molar-refractivity contribution in [3.05, 3.63) is 29.8 Å². The smallest absolute Gasteiger partial charge is 0.251 e. The minimum absolute atomic E-state index is 0. The minimum Gasteiger partial charge on any atom is -0.349 e. The van der Waals surface area contributed by atoms with E-state index in [0.717, 1.165) is 19.3 Å². The molecule has 1 aromatic carbocycles. The summed E-state index contributed by atoms with van der Waals surface area (Å²) in [5, 5.41) is 3.05. The fourth-order valence-electron chi connectivity index (χ4n) is 3.49. The van der Waals surface area contributed by atoms with Gasteiger partial charge in [0.1, 0.15) is 0 Å². The lowest BCUT2D eigenvalue weighted by molar-refractivity contribution is 0.0929. The van der Waals surface area contributed by atoms with Gasteiger partial charge in [0.05, 0.1) is 11.4 Å². The van der Waals surface area contributed by atoms with Crippen LogP contribution in [0.5, 0.6) is 0 Å². The molecule has 8 heteroatoms. The summed E-state index contributed by atoms with van der Waals surface area (Å²) < 4.78 is 25.4. The molecule has 2 aliphatic rings. The van der Waals surface area contributed by atoms with Gasteiger partial charge in [-0.15, -0.1) is 12.4 Å². The summed E-state index contributed by atoms with van der Waals surface area (Å²) in [6.07, 6.45) is 3.71. The number of anilines is 1. The lowest BCUT2D eigenvalue weighted by Crippen LogP contribution is -2.39. The van der Waals surface area contributed by atoms with Gasteiger partial charge in [-0.1, -0.05) is 12.5 Å². The molecule has 2 fully saturated rings. The number of hydrogen-bond donors (Lipinski definition) is 2. The Hall–Kier alpha value is -1.31. The number of nitrogens with two attached hydrogens (primary N) is 1. The second-order valence-electron chi connectivity index (χ2n) is 6.30. The normalized spacial score (nSPS) is 25.3. The summed E-state index contributed by atoms with van der Waals surface area (Å²) in [5.41, 5.74) is 6.81. The third-order valence-corrected chi connectivity index (χ3v) is 6.64. The Morgan fingerprint density at radius 2 is 2.08 bits per heavy atom. The number of benzene rings is 1. The highest BCUT2D eigenvalue weighted by Crippen LogP contribution is 2.27. The molecule has 2 unspecified atom stereocenters. The molecule has 1 saturated heterocycles. The first-order valence-corrected chi connectivity index (χ1v) is 9.73. The van der Waals surface area contributed by atoms with Gasteiger partial charge in [-0.2, -0.15) is 0 Å². The average molecular weight is 374 g/mol. The maximum Gasteiger partial charge on any atom is 0.251 e. The molecule has 0 aromatic heterocycles. The second-order valence-corrected chi connectivity index (χ2v) is 8.31. The van der Waals surface area contributed by atoms with Gasteiger partial charge in [0.25, 0.3) is 5.91 Å². The van der Waals surface area contributed by atoms with Gasteiger partial charge in [-0.25, -0.2) is 8.42 Å². The Labute approximate surface area is 149 Å². The fourth-order valence-corrected chi connectivity index (χ4v) is 5.05. The topological polar surface area (TPSA) is 92.5 Å². The van der Waals surface area contributed by atoms with Crippen molar-refractivity contribution in [1.82, 2.24) is 5.32 Å². The number of carbonyl (C=O) groups excluding carboxylic acids is 1. The van der Waals surface area contributed by atoms with Crippen molar-refractivity contribution in [3.63, 3.8) is 0 Å². The lowest BCUT2D eigenvalue weighted by atomic mass is 10.0. The van der Waals surface area contributed by atoms with Gasteiger partial charge in [-0.3, -0.25) is 9.10 Å². The van der Waals surface area contributed by atoms with Crippen molar-refractivity contribution >= 4 is 34.0 Å². The second kappa shape index (κ2) is 7.72. The van der Waals surface area contributed by atoms with Crippen LogP contribution in [0.4, 0.5) is 5.69 Å². The Balaban J connectivity index is 0.00000208. The molecule has 2 atom stereocenters. The molecule has 3 N–H and O–H groups in total. The van der Waals surface area contributed by atoms with Crippen LogP contribution >= 0.6 is 12.4 Å². The van der Waals surface area contributed by atoms with Crippen LogP contribution in [-0.4, -0.2) is 39.2 Å². The summed E-state index contributed by atoms with van der Waals surface area (Å²) in [5.74, 6) is 0.346. The molecule has 1 saturated carbocycles. The number of nitrogens with one attached hydrogen (secondary N) is 1. The van der Waals surface area contributed by atoms with E-state index in [9.17, 15) is 13.2 Å². The Morgan fingerprint density at radius 1 is 1.29 bits per heavy atom. The Morgan fingerprint density at radius 3 is 2.75 bits per heavy atom. The molecule has 24 heavy (non-hydrogen) atoms. The van der Waals surface area contributed by atoms with Crippen molar-refractivity contribution in [2.75, 3.05) is 23.1 Å². The first-order valence-electron chi connectivity index (χ1n) is 8.12. The highest BCUT2D eigenvalue weighted by Gasteiger charge is 2.30. The lowest BCUT2D eigenvalue weighted by Gasteiger charge is -2.21. The van der Waals surface area contributed by atoms with Gasteiger partial charge < -0.3 is 11.1 Å². The van der Waals surface area contributed by atoms with E-state index in [-0.39, 0.29) is 30.1 Å². The van der Waals surface area contributed by atoms with Gasteiger partial charge in [0, 0.05) is 18.2 Å². The van der Waals surface area contributed by atoms with Crippen molar-refractivity contribution in [2.45, 2.75) is 31.7 Å². The zero-order valence-electron chi connectivity index (χ0n) is 13.5. The number of amides is 1. The van der Waals surface area contributed by atoms with Crippen LogP contribution in [0.2, 0.25) is 0 Å². The van der Waals surface area contributed by atoms with E-state index in [4.69, 9.17) is 5.73 Å². The van der Waals surface area contributed by atoms with E-state index < -0.39 is 10.0 Å². The Kier molecular flexibility index (Phi) is 6.11. The molecule has 134 valence electrons. The first kappa shape index (κ1) is 19.0. The SMILES string of the molecule is Cl.NCC1CCCC1NC(=O)c1cccc(N2CCCS2(=O)=O)c1. The van der Waals surface area contributed by atoms with Crippen LogP contribution < -0.4 is 15.4 Å². The molecular weight excluding hydrogens is 350 g/mol. The molecule has 1 heterocycles. The van der Waals surface area contributed by atoms with Crippen LogP contribution in [0, 0.1) is 5.92 Å².